The van der Waals surface area contributed by atoms with Gasteiger partial charge in [-0.1, -0.05) is 0 Å². The summed E-state index contributed by atoms with van der Waals surface area (Å²) in [6.45, 7) is 0. The first-order valence-corrected chi connectivity index (χ1v) is 4.40. The first-order valence-electron chi connectivity index (χ1n) is 3.99. The first-order chi connectivity index (χ1) is 6.68. The van der Waals surface area contributed by atoms with Gasteiger partial charge in [-0.05, 0) is 12.2 Å². The molecule has 0 radical (unpaired) electrons. The molecular formula is C8H8N4OS. The molecule has 0 aliphatic carbocycles. The van der Waals surface area contributed by atoms with Gasteiger partial charge in [0.1, 0.15) is 0 Å². The predicted octanol–water partition coefficient (Wildman–Crippen LogP) is 0.833. The van der Waals surface area contributed by atoms with Crippen LogP contribution in [-0.4, -0.2) is 19.7 Å². The summed E-state index contributed by atoms with van der Waals surface area (Å²) in [5.74, 6) is 0.486. The number of hydrogen-bond donors (Lipinski definition) is 2. The van der Waals surface area contributed by atoms with Crippen molar-refractivity contribution in [2.45, 2.75) is 0 Å². The Kier molecular flexibility index (Phi) is 2.05. The Morgan fingerprint density at radius 1 is 1.57 bits per heavy atom. The van der Waals surface area contributed by atoms with E-state index in [1.54, 1.807) is 24.1 Å². The van der Waals surface area contributed by atoms with Crippen molar-refractivity contribution in [1.29, 1.82) is 0 Å². The molecule has 2 N–H and O–H groups in total. The molecule has 0 bridgehead atoms. The molecule has 14 heavy (non-hydrogen) atoms. The minimum absolute atomic E-state index is 0.0897. The number of rotatable bonds is 1. The molecular weight excluding hydrogens is 200 g/mol. The molecule has 0 amide bonds. The summed E-state index contributed by atoms with van der Waals surface area (Å²) >= 11 is 4.93. The van der Waals surface area contributed by atoms with Gasteiger partial charge in [-0.2, -0.15) is 4.98 Å². The molecule has 72 valence electrons. The summed E-state index contributed by atoms with van der Waals surface area (Å²) < 4.78 is 2.00. The molecule has 2 aromatic rings. The fraction of sp³-hybridized carbons (Fsp3) is 0.125. The van der Waals surface area contributed by atoms with Crippen LogP contribution >= 0.6 is 12.2 Å². The van der Waals surface area contributed by atoms with E-state index in [0.29, 0.717) is 16.2 Å². The van der Waals surface area contributed by atoms with Crippen LogP contribution in [0.1, 0.15) is 0 Å². The van der Waals surface area contributed by atoms with E-state index in [4.69, 9.17) is 12.2 Å². The van der Waals surface area contributed by atoms with Gasteiger partial charge in [-0.15, -0.1) is 0 Å². The molecule has 0 aromatic carbocycles. The average Bonchev–Trinajstić information content (AvgIpc) is 2.48. The van der Waals surface area contributed by atoms with Gasteiger partial charge in [-0.3, -0.25) is 14.6 Å². The Morgan fingerprint density at radius 2 is 2.36 bits per heavy atom. The number of aryl methyl sites for hydroxylation is 1. The minimum Gasteiger partial charge on any atom is -0.367 e. The fourth-order valence-electron chi connectivity index (χ4n) is 1.12. The lowest BCUT2D eigenvalue weighted by atomic mass is 10.3. The number of nitrogens with zero attached hydrogens (tertiary/aromatic N) is 2. The zero-order chi connectivity index (χ0) is 10.1. The van der Waals surface area contributed by atoms with Crippen LogP contribution in [-0.2, 0) is 7.05 Å². The number of aromatic nitrogens is 4. The maximum absolute atomic E-state index is 11.4. The molecule has 2 aromatic heterocycles. The van der Waals surface area contributed by atoms with Gasteiger partial charge < -0.3 is 4.98 Å². The zero-order valence-electron chi connectivity index (χ0n) is 7.44. The van der Waals surface area contributed by atoms with Gasteiger partial charge in [-0.25, -0.2) is 0 Å². The van der Waals surface area contributed by atoms with Gasteiger partial charge in [0.15, 0.2) is 11.3 Å². The molecule has 0 atom stereocenters. The van der Waals surface area contributed by atoms with Gasteiger partial charge in [0.25, 0.3) is 0 Å². The summed E-state index contributed by atoms with van der Waals surface area (Å²) in [6.07, 6.45) is 3.17. The normalized spacial score (nSPS) is 10.4. The van der Waals surface area contributed by atoms with Crippen molar-refractivity contribution in [3.63, 3.8) is 0 Å². The molecule has 2 heterocycles. The molecule has 5 nitrogen and oxygen atoms in total. The lowest BCUT2D eigenvalue weighted by Crippen LogP contribution is -2.04. The second-order valence-corrected chi connectivity index (χ2v) is 3.20. The van der Waals surface area contributed by atoms with Crippen LogP contribution in [0, 0.1) is 4.77 Å². The van der Waals surface area contributed by atoms with Crippen LogP contribution in [0.25, 0.3) is 11.4 Å². The van der Waals surface area contributed by atoms with E-state index >= 15 is 0 Å². The second-order valence-electron chi connectivity index (χ2n) is 2.84. The molecule has 0 unspecified atom stereocenters. The Bertz CT molecular complexity index is 565. The summed E-state index contributed by atoms with van der Waals surface area (Å²) in [7, 11) is 1.75. The Balaban J connectivity index is 2.66. The van der Waals surface area contributed by atoms with Gasteiger partial charge in [0, 0.05) is 25.5 Å². The van der Waals surface area contributed by atoms with E-state index in [-0.39, 0.29) is 5.43 Å². The lowest BCUT2D eigenvalue weighted by molar-refractivity contribution is 0.756. The van der Waals surface area contributed by atoms with Crippen LogP contribution in [0.5, 0.6) is 0 Å². The van der Waals surface area contributed by atoms with Crippen LogP contribution in [0.2, 0.25) is 0 Å². The van der Waals surface area contributed by atoms with Crippen molar-refractivity contribution in [2.24, 2.45) is 7.05 Å². The highest BCUT2D eigenvalue weighted by Crippen LogP contribution is 2.06. The average molecular weight is 208 g/mol. The van der Waals surface area contributed by atoms with Crippen molar-refractivity contribution >= 4 is 12.2 Å². The third-order valence-electron chi connectivity index (χ3n) is 1.85. The predicted molar refractivity (Wildman–Crippen MR) is 54.4 cm³/mol. The standard InChI is InChI=1S/C8H8N4OS/c1-12-8(14)10-7(11-12)5-4-9-3-2-6(5)13/h2-4H,1H3,(H,9,13)(H,10,11,14). The van der Waals surface area contributed by atoms with Crippen LogP contribution in [0.3, 0.4) is 0 Å². The number of hydrogen-bond acceptors (Lipinski definition) is 3. The van der Waals surface area contributed by atoms with Gasteiger partial charge >= 0.3 is 0 Å². The van der Waals surface area contributed by atoms with E-state index in [9.17, 15) is 4.79 Å². The van der Waals surface area contributed by atoms with Crippen LogP contribution in [0.4, 0.5) is 0 Å². The second kappa shape index (κ2) is 3.22. The molecule has 0 aliphatic heterocycles. The summed E-state index contributed by atoms with van der Waals surface area (Å²) in [5, 5.41) is 2.88. The van der Waals surface area contributed by atoms with E-state index in [0.717, 1.165) is 0 Å². The maximum atomic E-state index is 11.4. The van der Waals surface area contributed by atoms with Crippen molar-refractivity contribution in [1.82, 2.24) is 19.7 Å². The number of H-pyrrole nitrogens is 2. The fourth-order valence-corrected chi connectivity index (χ4v) is 1.26. The van der Waals surface area contributed by atoms with E-state index in [1.807, 2.05) is 0 Å². The molecule has 0 saturated carbocycles. The van der Waals surface area contributed by atoms with E-state index in [2.05, 4.69) is 15.1 Å². The SMILES string of the molecule is Cn1[nH]c(-c2c[nH]ccc2=O)nc1=S. The number of nitrogens with one attached hydrogen (secondary N) is 2. The van der Waals surface area contributed by atoms with Gasteiger partial charge in [0.05, 0.1) is 5.56 Å². The maximum Gasteiger partial charge on any atom is 0.216 e. The highest BCUT2D eigenvalue weighted by molar-refractivity contribution is 7.71. The highest BCUT2D eigenvalue weighted by Gasteiger charge is 2.05. The Labute approximate surface area is 84.4 Å². The summed E-state index contributed by atoms with van der Waals surface area (Å²) in [4.78, 5) is 18.3. The first kappa shape index (κ1) is 8.89. The Morgan fingerprint density at radius 3 is 2.93 bits per heavy atom. The summed E-state index contributed by atoms with van der Waals surface area (Å²) in [6, 6.07) is 1.45. The molecule has 0 saturated heterocycles. The highest BCUT2D eigenvalue weighted by atomic mass is 32.1. The van der Waals surface area contributed by atoms with Crippen molar-refractivity contribution < 1.29 is 0 Å². The molecule has 0 spiro atoms. The molecule has 0 fully saturated rings. The van der Waals surface area contributed by atoms with Crippen molar-refractivity contribution in [3.05, 3.63) is 33.5 Å². The minimum atomic E-state index is -0.0897. The zero-order valence-corrected chi connectivity index (χ0v) is 8.26. The third-order valence-corrected chi connectivity index (χ3v) is 2.21. The third kappa shape index (κ3) is 1.39. The summed E-state index contributed by atoms with van der Waals surface area (Å²) in [5.41, 5.74) is 0.396. The number of aromatic amines is 2. The van der Waals surface area contributed by atoms with Crippen LogP contribution < -0.4 is 5.43 Å². The molecule has 2 rings (SSSR count). The monoisotopic (exact) mass is 208 g/mol. The molecule has 6 heteroatoms. The largest absolute Gasteiger partial charge is 0.367 e. The quantitative estimate of drug-likeness (QED) is 0.682. The lowest BCUT2D eigenvalue weighted by Gasteiger charge is -1.93. The van der Waals surface area contributed by atoms with E-state index in [1.165, 1.54) is 6.07 Å². The van der Waals surface area contributed by atoms with Gasteiger partial charge in [0.2, 0.25) is 4.77 Å². The molecule has 0 aliphatic rings. The smallest absolute Gasteiger partial charge is 0.216 e. The van der Waals surface area contributed by atoms with E-state index < -0.39 is 0 Å². The van der Waals surface area contributed by atoms with Crippen molar-refractivity contribution in [2.75, 3.05) is 0 Å². The van der Waals surface area contributed by atoms with Crippen LogP contribution in [0.15, 0.2) is 23.3 Å². The van der Waals surface area contributed by atoms with Crippen molar-refractivity contribution in [3.8, 4) is 11.4 Å². The number of pyridine rings is 1. The Hall–Kier alpha value is -1.69. The topological polar surface area (TPSA) is 66.5 Å².